The molecule has 0 spiro atoms. The van der Waals surface area contributed by atoms with E-state index in [0.29, 0.717) is 6.54 Å². The lowest BCUT2D eigenvalue weighted by Crippen LogP contribution is -2.39. The second-order valence-electron chi connectivity index (χ2n) is 6.61. The minimum atomic E-state index is -0.197. The number of nitrogens with one attached hydrogen (secondary N) is 2. The third-order valence-corrected chi connectivity index (χ3v) is 4.90. The van der Waals surface area contributed by atoms with Gasteiger partial charge in [-0.05, 0) is 31.0 Å². The maximum Gasteiger partial charge on any atom is 0.220 e. The summed E-state index contributed by atoms with van der Waals surface area (Å²) in [4.78, 5) is 26.0. The number of primary amides is 1. The number of nitrogens with zero attached hydrogens (tertiary/aromatic N) is 3. The van der Waals surface area contributed by atoms with Gasteiger partial charge in [0.05, 0.1) is 11.0 Å². The Morgan fingerprint density at radius 1 is 1.23 bits per heavy atom. The van der Waals surface area contributed by atoms with E-state index in [2.05, 4.69) is 31.2 Å². The predicted molar refractivity (Wildman–Crippen MR) is 102 cm³/mol. The Labute approximate surface area is 151 Å². The molecule has 2 aromatic heterocycles. The first-order valence-corrected chi connectivity index (χ1v) is 8.87. The largest absolute Gasteiger partial charge is 0.369 e. The van der Waals surface area contributed by atoms with Crippen LogP contribution in [0.3, 0.4) is 0 Å². The van der Waals surface area contributed by atoms with Crippen LogP contribution < -0.4 is 16.0 Å². The molecule has 3 aromatic rings. The first kappa shape index (κ1) is 16.4. The molecule has 134 valence electrons. The summed E-state index contributed by atoms with van der Waals surface area (Å²) in [5, 5.41) is 3.35. The van der Waals surface area contributed by atoms with Gasteiger partial charge in [-0.1, -0.05) is 18.2 Å². The van der Waals surface area contributed by atoms with Gasteiger partial charge in [-0.2, -0.15) is 0 Å². The smallest absolute Gasteiger partial charge is 0.220 e. The van der Waals surface area contributed by atoms with Crippen molar-refractivity contribution in [3.05, 3.63) is 48.2 Å². The normalized spacial score (nSPS) is 15.3. The number of H-pyrrole nitrogens is 1. The van der Waals surface area contributed by atoms with E-state index in [0.717, 1.165) is 54.3 Å². The Balaban J connectivity index is 1.46. The highest BCUT2D eigenvalue weighted by atomic mass is 16.1. The third kappa shape index (κ3) is 3.33. The molecule has 0 atom stereocenters. The van der Waals surface area contributed by atoms with Gasteiger partial charge in [-0.15, -0.1) is 0 Å². The molecule has 7 heteroatoms. The number of piperidine rings is 1. The summed E-state index contributed by atoms with van der Waals surface area (Å²) in [6.45, 7) is 2.21. The maximum absolute atomic E-state index is 11.4. The minimum Gasteiger partial charge on any atom is -0.369 e. The molecule has 4 N–H and O–H groups in total. The molecule has 1 aliphatic rings. The number of benzene rings is 1. The first-order chi connectivity index (χ1) is 12.7. The zero-order valence-electron chi connectivity index (χ0n) is 14.5. The van der Waals surface area contributed by atoms with E-state index in [9.17, 15) is 4.79 Å². The second-order valence-corrected chi connectivity index (χ2v) is 6.61. The number of rotatable bonds is 5. The van der Waals surface area contributed by atoms with Crippen molar-refractivity contribution in [3.8, 4) is 0 Å². The van der Waals surface area contributed by atoms with Crippen LogP contribution in [0, 0.1) is 5.92 Å². The number of anilines is 2. The molecular weight excluding hydrogens is 328 g/mol. The third-order valence-electron chi connectivity index (χ3n) is 4.90. The van der Waals surface area contributed by atoms with Crippen molar-refractivity contribution in [2.75, 3.05) is 23.3 Å². The maximum atomic E-state index is 11.4. The average molecular weight is 350 g/mol. The summed E-state index contributed by atoms with van der Waals surface area (Å²) < 4.78 is 0. The fraction of sp³-hybridized carbons (Fsp3) is 0.316. The Kier molecular flexibility index (Phi) is 4.43. The molecule has 4 rings (SSSR count). The molecule has 26 heavy (non-hydrogen) atoms. The fourth-order valence-electron chi connectivity index (χ4n) is 3.44. The van der Waals surface area contributed by atoms with Crippen LogP contribution in [0.25, 0.3) is 11.0 Å². The molecule has 1 amide bonds. The standard InChI is InChI=1S/C19H22N6O/c20-17(26)13-7-10-25(11-8-13)18-14(4-3-9-21-18)12-22-19-23-15-5-1-2-6-16(15)24-19/h1-6,9,13H,7-8,10-12H2,(H2,20,26)(H2,22,23,24). The van der Waals surface area contributed by atoms with E-state index in [4.69, 9.17) is 5.73 Å². The van der Waals surface area contributed by atoms with Crippen LogP contribution >= 0.6 is 0 Å². The first-order valence-electron chi connectivity index (χ1n) is 8.87. The van der Waals surface area contributed by atoms with Gasteiger partial charge in [0, 0.05) is 37.3 Å². The second kappa shape index (κ2) is 7.03. The number of carbonyl (C=O) groups is 1. The zero-order valence-corrected chi connectivity index (χ0v) is 14.5. The molecule has 1 aliphatic heterocycles. The zero-order chi connectivity index (χ0) is 17.9. The Bertz CT molecular complexity index is 880. The highest BCUT2D eigenvalue weighted by Crippen LogP contribution is 2.25. The molecule has 0 saturated carbocycles. The van der Waals surface area contributed by atoms with Gasteiger partial charge in [0.2, 0.25) is 11.9 Å². The average Bonchev–Trinajstić information content (AvgIpc) is 3.10. The van der Waals surface area contributed by atoms with Gasteiger partial charge >= 0.3 is 0 Å². The lowest BCUT2D eigenvalue weighted by atomic mass is 9.96. The summed E-state index contributed by atoms with van der Waals surface area (Å²) >= 11 is 0. The van der Waals surface area contributed by atoms with Crippen molar-refractivity contribution < 1.29 is 4.79 Å². The van der Waals surface area contributed by atoms with Gasteiger partial charge in [0.1, 0.15) is 5.82 Å². The summed E-state index contributed by atoms with van der Waals surface area (Å²) in [5.41, 5.74) is 8.48. The summed E-state index contributed by atoms with van der Waals surface area (Å²) in [5.74, 6) is 1.48. The molecule has 3 heterocycles. The number of pyridine rings is 1. The van der Waals surface area contributed by atoms with Crippen LogP contribution in [0.15, 0.2) is 42.6 Å². The van der Waals surface area contributed by atoms with Gasteiger partial charge in [-0.25, -0.2) is 9.97 Å². The molecular formula is C19H22N6O. The highest BCUT2D eigenvalue weighted by molar-refractivity contribution is 5.77. The van der Waals surface area contributed by atoms with Crippen molar-refractivity contribution >= 4 is 28.7 Å². The number of fused-ring (bicyclic) bond motifs is 1. The SMILES string of the molecule is NC(=O)C1CCN(c2ncccc2CNc2nc3ccccc3[nH]2)CC1. The number of aromatic amines is 1. The van der Waals surface area contributed by atoms with Crippen LogP contribution in [0.5, 0.6) is 0 Å². The number of nitrogens with two attached hydrogens (primary N) is 1. The molecule has 0 unspecified atom stereocenters. The van der Waals surface area contributed by atoms with Gasteiger partial charge in [0.15, 0.2) is 0 Å². The molecule has 1 fully saturated rings. The number of amides is 1. The van der Waals surface area contributed by atoms with Crippen LogP contribution in [-0.4, -0.2) is 33.9 Å². The summed E-state index contributed by atoms with van der Waals surface area (Å²) in [6.07, 6.45) is 3.37. The van der Waals surface area contributed by atoms with E-state index in [1.165, 1.54) is 0 Å². The van der Waals surface area contributed by atoms with Gasteiger partial charge in [0.25, 0.3) is 0 Å². The topological polar surface area (TPSA) is 99.9 Å². The molecule has 1 saturated heterocycles. The molecule has 7 nitrogen and oxygen atoms in total. The minimum absolute atomic E-state index is 0.0212. The predicted octanol–water partition coefficient (Wildman–Crippen LogP) is 2.27. The highest BCUT2D eigenvalue weighted by Gasteiger charge is 2.24. The van der Waals surface area contributed by atoms with E-state index in [1.54, 1.807) is 6.20 Å². The number of imidazole rings is 1. The Morgan fingerprint density at radius 3 is 2.81 bits per heavy atom. The van der Waals surface area contributed by atoms with E-state index in [-0.39, 0.29) is 11.8 Å². The monoisotopic (exact) mass is 350 g/mol. The van der Waals surface area contributed by atoms with E-state index < -0.39 is 0 Å². The molecule has 0 aliphatic carbocycles. The number of hydrogen-bond acceptors (Lipinski definition) is 5. The van der Waals surface area contributed by atoms with E-state index >= 15 is 0 Å². The lowest BCUT2D eigenvalue weighted by Gasteiger charge is -2.32. The Hall–Kier alpha value is -3.09. The van der Waals surface area contributed by atoms with Crippen molar-refractivity contribution in [1.29, 1.82) is 0 Å². The van der Waals surface area contributed by atoms with Crippen molar-refractivity contribution in [2.24, 2.45) is 11.7 Å². The number of hydrogen-bond donors (Lipinski definition) is 3. The van der Waals surface area contributed by atoms with Crippen molar-refractivity contribution in [2.45, 2.75) is 19.4 Å². The van der Waals surface area contributed by atoms with Gasteiger partial charge in [-0.3, -0.25) is 4.79 Å². The molecule has 1 aromatic carbocycles. The van der Waals surface area contributed by atoms with Crippen LogP contribution in [0.2, 0.25) is 0 Å². The number of carbonyl (C=O) groups excluding carboxylic acids is 1. The van der Waals surface area contributed by atoms with Crippen molar-refractivity contribution in [3.63, 3.8) is 0 Å². The van der Waals surface area contributed by atoms with E-state index in [1.807, 2.05) is 30.3 Å². The number of para-hydroxylation sites is 2. The number of aromatic nitrogens is 3. The van der Waals surface area contributed by atoms with Crippen LogP contribution in [0.4, 0.5) is 11.8 Å². The summed E-state index contributed by atoms with van der Waals surface area (Å²) in [7, 11) is 0. The lowest BCUT2D eigenvalue weighted by molar-refractivity contribution is -0.122. The summed E-state index contributed by atoms with van der Waals surface area (Å²) in [6, 6.07) is 12.0. The quantitative estimate of drug-likeness (QED) is 0.655. The molecule has 0 bridgehead atoms. The van der Waals surface area contributed by atoms with Gasteiger partial charge < -0.3 is 20.9 Å². The molecule has 0 radical (unpaired) electrons. The fourth-order valence-corrected chi connectivity index (χ4v) is 3.44. The van der Waals surface area contributed by atoms with Crippen molar-refractivity contribution in [1.82, 2.24) is 15.0 Å². The van der Waals surface area contributed by atoms with Crippen LogP contribution in [0.1, 0.15) is 18.4 Å². The van der Waals surface area contributed by atoms with Crippen LogP contribution in [-0.2, 0) is 11.3 Å². The Morgan fingerprint density at radius 2 is 2.04 bits per heavy atom.